The third-order valence-electron chi connectivity index (χ3n) is 2.16. The van der Waals surface area contributed by atoms with Gasteiger partial charge in [0.2, 0.25) is 0 Å². The summed E-state index contributed by atoms with van der Waals surface area (Å²) in [6.45, 7) is 0. The summed E-state index contributed by atoms with van der Waals surface area (Å²) in [4.78, 5) is 11.8. The Hall–Kier alpha value is -1.06. The van der Waals surface area contributed by atoms with Crippen LogP contribution in [-0.4, -0.2) is 5.78 Å². The van der Waals surface area contributed by atoms with Crippen LogP contribution in [0.5, 0.6) is 0 Å². The summed E-state index contributed by atoms with van der Waals surface area (Å²) in [5.41, 5.74) is 0.588. The van der Waals surface area contributed by atoms with Gasteiger partial charge < -0.3 is 4.42 Å². The molecule has 0 atom stereocenters. The van der Waals surface area contributed by atoms with Crippen LogP contribution in [0.3, 0.4) is 0 Å². The lowest BCUT2D eigenvalue weighted by atomic mass is 10.1. The van der Waals surface area contributed by atoms with E-state index in [-0.39, 0.29) is 12.2 Å². The molecule has 0 aliphatic rings. The third kappa shape index (κ3) is 2.54. The van der Waals surface area contributed by atoms with E-state index in [4.69, 9.17) is 16.0 Å². The van der Waals surface area contributed by atoms with Crippen LogP contribution in [0.25, 0.3) is 0 Å². The van der Waals surface area contributed by atoms with Crippen molar-refractivity contribution >= 4 is 33.3 Å². The van der Waals surface area contributed by atoms with Crippen molar-refractivity contribution in [3.05, 3.63) is 57.4 Å². The van der Waals surface area contributed by atoms with Gasteiger partial charge in [-0.2, -0.15) is 0 Å². The van der Waals surface area contributed by atoms with Gasteiger partial charge in [0, 0.05) is 10.0 Å². The van der Waals surface area contributed by atoms with E-state index in [9.17, 15) is 4.79 Å². The Kier molecular flexibility index (Phi) is 3.46. The van der Waals surface area contributed by atoms with Crippen LogP contribution in [0.2, 0.25) is 5.02 Å². The van der Waals surface area contributed by atoms with Crippen molar-refractivity contribution in [1.29, 1.82) is 0 Å². The van der Waals surface area contributed by atoms with E-state index in [1.165, 1.54) is 0 Å². The molecule has 0 amide bonds. The minimum Gasteiger partial charge on any atom is -0.469 e. The minimum atomic E-state index is -0.00986. The standard InChI is InChI=1S/C12H8BrClO2/c13-10-4-3-8(6-11(10)14)12(15)7-9-2-1-5-16-9/h1-6H,7H2. The molecule has 0 N–H and O–H groups in total. The fourth-order valence-corrected chi connectivity index (χ4v) is 1.77. The van der Waals surface area contributed by atoms with Gasteiger partial charge in [-0.3, -0.25) is 4.79 Å². The summed E-state index contributed by atoms with van der Waals surface area (Å²) >= 11 is 9.19. The number of ketones is 1. The largest absolute Gasteiger partial charge is 0.469 e. The molecule has 0 radical (unpaired) electrons. The number of hydrogen-bond acceptors (Lipinski definition) is 2. The lowest BCUT2D eigenvalue weighted by molar-refractivity contribution is 0.0987. The molecule has 0 spiro atoms. The molecule has 2 aromatic rings. The Bertz CT molecular complexity index is 506. The van der Waals surface area contributed by atoms with Gasteiger partial charge in [0.05, 0.1) is 17.7 Å². The monoisotopic (exact) mass is 298 g/mol. The van der Waals surface area contributed by atoms with Crippen molar-refractivity contribution < 1.29 is 9.21 Å². The van der Waals surface area contributed by atoms with E-state index in [1.54, 1.807) is 36.6 Å². The van der Waals surface area contributed by atoms with Gasteiger partial charge in [-0.25, -0.2) is 0 Å². The van der Waals surface area contributed by atoms with Crippen LogP contribution in [0.15, 0.2) is 45.5 Å². The first-order valence-corrected chi connectivity index (χ1v) is 5.84. The second-order valence-corrected chi connectivity index (χ2v) is 4.57. The van der Waals surface area contributed by atoms with Crippen molar-refractivity contribution in [2.75, 3.05) is 0 Å². The first-order chi connectivity index (χ1) is 7.66. The molecule has 0 bridgehead atoms. The number of furan rings is 1. The number of rotatable bonds is 3. The van der Waals surface area contributed by atoms with Crippen molar-refractivity contribution in [3.63, 3.8) is 0 Å². The summed E-state index contributed by atoms with van der Waals surface area (Å²) in [5, 5.41) is 0.533. The molecule has 4 heteroatoms. The maximum absolute atomic E-state index is 11.8. The van der Waals surface area contributed by atoms with Gasteiger partial charge >= 0.3 is 0 Å². The fourth-order valence-electron chi connectivity index (χ4n) is 1.34. The van der Waals surface area contributed by atoms with Gasteiger partial charge in [-0.1, -0.05) is 17.7 Å². The zero-order chi connectivity index (χ0) is 11.5. The second-order valence-electron chi connectivity index (χ2n) is 3.31. The minimum absolute atomic E-state index is 0.00986. The maximum atomic E-state index is 11.8. The fraction of sp³-hybridized carbons (Fsp3) is 0.0833. The summed E-state index contributed by atoms with van der Waals surface area (Å²) in [5.74, 6) is 0.647. The number of Topliss-reactive ketones (excluding diaryl/α,β-unsaturated/α-hetero) is 1. The second kappa shape index (κ2) is 4.85. The molecule has 1 aromatic heterocycles. The molecular weight excluding hydrogens is 291 g/mol. The zero-order valence-electron chi connectivity index (χ0n) is 8.24. The molecule has 0 aliphatic carbocycles. The van der Waals surface area contributed by atoms with E-state index < -0.39 is 0 Å². The van der Waals surface area contributed by atoms with Gasteiger partial charge in [0.15, 0.2) is 5.78 Å². The van der Waals surface area contributed by atoms with E-state index in [0.717, 1.165) is 4.47 Å². The Morgan fingerprint density at radius 1 is 1.38 bits per heavy atom. The molecule has 1 heterocycles. The van der Waals surface area contributed by atoms with Gasteiger partial charge in [-0.05, 0) is 40.2 Å². The van der Waals surface area contributed by atoms with Crippen LogP contribution in [-0.2, 0) is 6.42 Å². The summed E-state index contributed by atoms with van der Waals surface area (Å²) in [6.07, 6.45) is 1.81. The molecule has 0 aliphatic heterocycles. The Balaban J connectivity index is 2.18. The predicted molar refractivity (Wildman–Crippen MR) is 65.9 cm³/mol. The van der Waals surface area contributed by atoms with Crippen molar-refractivity contribution in [2.24, 2.45) is 0 Å². The highest BCUT2D eigenvalue weighted by Crippen LogP contribution is 2.23. The molecule has 16 heavy (non-hydrogen) atoms. The van der Waals surface area contributed by atoms with Crippen molar-refractivity contribution in [1.82, 2.24) is 0 Å². The average molecular weight is 300 g/mol. The van der Waals surface area contributed by atoms with Crippen LogP contribution in [0, 0.1) is 0 Å². The van der Waals surface area contributed by atoms with E-state index in [2.05, 4.69) is 15.9 Å². The van der Waals surface area contributed by atoms with Crippen LogP contribution in [0.4, 0.5) is 0 Å². The molecule has 0 saturated carbocycles. The predicted octanol–water partition coefficient (Wildman–Crippen LogP) is 4.12. The lowest BCUT2D eigenvalue weighted by Gasteiger charge is -2.01. The first-order valence-electron chi connectivity index (χ1n) is 4.67. The van der Waals surface area contributed by atoms with E-state index in [1.807, 2.05) is 0 Å². The molecule has 82 valence electrons. The molecule has 1 aromatic carbocycles. The Morgan fingerprint density at radius 3 is 2.81 bits per heavy atom. The Morgan fingerprint density at radius 2 is 2.19 bits per heavy atom. The molecular formula is C12H8BrClO2. The number of benzene rings is 1. The normalized spacial score (nSPS) is 10.4. The van der Waals surface area contributed by atoms with Crippen LogP contribution < -0.4 is 0 Å². The molecule has 2 nitrogen and oxygen atoms in total. The molecule has 0 fully saturated rings. The first kappa shape index (κ1) is 11.4. The summed E-state index contributed by atoms with van der Waals surface area (Å²) in [6, 6.07) is 8.69. The SMILES string of the molecule is O=C(Cc1ccco1)c1ccc(Br)c(Cl)c1. The van der Waals surface area contributed by atoms with Crippen molar-refractivity contribution in [2.45, 2.75) is 6.42 Å². The topological polar surface area (TPSA) is 30.2 Å². The number of carbonyl (C=O) groups excluding carboxylic acids is 1. The molecule has 0 unspecified atom stereocenters. The lowest BCUT2D eigenvalue weighted by Crippen LogP contribution is -2.02. The van der Waals surface area contributed by atoms with Gasteiger partial charge in [0.1, 0.15) is 5.76 Å². The van der Waals surface area contributed by atoms with Crippen molar-refractivity contribution in [3.8, 4) is 0 Å². The third-order valence-corrected chi connectivity index (χ3v) is 3.39. The van der Waals surface area contributed by atoms with Gasteiger partial charge in [0.25, 0.3) is 0 Å². The molecule has 0 saturated heterocycles. The average Bonchev–Trinajstić information content (AvgIpc) is 2.74. The Labute approximate surface area is 106 Å². The summed E-state index contributed by atoms with van der Waals surface area (Å²) < 4.78 is 5.90. The highest BCUT2D eigenvalue weighted by molar-refractivity contribution is 9.10. The highest BCUT2D eigenvalue weighted by Gasteiger charge is 2.10. The zero-order valence-corrected chi connectivity index (χ0v) is 10.6. The number of hydrogen-bond donors (Lipinski definition) is 0. The van der Waals surface area contributed by atoms with E-state index >= 15 is 0 Å². The summed E-state index contributed by atoms with van der Waals surface area (Å²) in [7, 11) is 0. The molecule has 2 rings (SSSR count). The number of carbonyl (C=O) groups is 1. The number of halogens is 2. The quantitative estimate of drug-likeness (QED) is 0.798. The van der Waals surface area contributed by atoms with Crippen LogP contribution in [0.1, 0.15) is 16.1 Å². The maximum Gasteiger partial charge on any atom is 0.170 e. The highest BCUT2D eigenvalue weighted by atomic mass is 79.9. The van der Waals surface area contributed by atoms with E-state index in [0.29, 0.717) is 16.3 Å². The smallest absolute Gasteiger partial charge is 0.170 e. The van der Waals surface area contributed by atoms with Crippen LogP contribution >= 0.6 is 27.5 Å². The van der Waals surface area contributed by atoms with Gasteiger partial charge in [-0.15, -0.1) is 0 Å².